The van der Waals surface area contributed by atoms with Gasteiger partial charge in [-0.2, -0.15) is 0 Å². The van der Waals surface area contributed by atoms with Gasteiger partial charge in [-0.05, 0) is 12.1 Å². The van der Waals surface area contributed by atoms with Crippen molar-refractivity contribution in [3.63, 3.8) is 0 Å². The van der Waals surface area contributed by atoms with Crippen LogP contribution in [0.1, 0.15) is 47.0 Å². The molecule has 0 aliphatic carbocycles. The van der Waals surface area contributed by atoms with Crippen LogP contribution in [0.2, 0.25) is 0 Å². The van der Waals surface area contributed by atoms with E-state index in [9.17, 15) is 4.79 Å². The molecule has 1 aromatic carbocycles. The molecule has 4 nitrogen and oxygen atoms in total. The van der Waals surface area contributed by atoms with Crippen LogP contribution >= 0.6 is 11.3 Å². The molecule has 1 amide bonds. The Morgan fingerprint density at radius 3 is 2.79 bits per heavy atom. The summed E-state index contributed by atoms with van der Waals surface area (Å²) in [4.78, 5) is 16.6. The van der Waals surface area contributed by atoms with Crippen molar-refractivity contribution >= 4 is 22.9 Å². The Bertz CT molecular complexity index is 621. The standard InChI is InChI=1S/C14H15N3OS/c1-8(2)14-16-11(7-19-14)12-15-10-6-4-3-5-9(10)13(18)17-12/h3-8,12,15H,1-2H3,(H,17,18)/t12-/m1/s1. The lowest BCUT2D eigenvalue weighted by Crippen LogP contribution is -2.38. The third kappa shape index (κ3) is 2.21. The Morgan fingerprint density at radius 1 is 1.26 bits per heavy atom. The largest absolute Gasteiger partial charge is 0.360 e. The number of nitrogens with one attached hydrogen (secondary N) is 2. The lowest BCUT2D eigenvalue weighted by atomic mass is 10.1. The Hall–Kier alpha value is -1.88. The zero-order valence-corrected chi connectivity index (χ0v) is 11.6. The molecule has 0 saturated carbocycles. The highest BCUT2D eigenvalue weighted by molar-refractivity contribution is 7.09. The highest BCUT2D eigenvalue weighted by atomic mass is 32.1. The smallest absolute Gasteiger partial charge is 0.255 e. The quantitative estimate of drug-likeness (QED) is 0.884. The van der Waals surface area contributed by atoms with E-state index in [4.69, 9.17) is 0 Å². The van der Waals surface area contributed by atoms with Gasteiger partial charge >= 0.3 is 0 Å². The number of fused-ring (bicyclic) bond motifs is 1. The van der Waals surface area contributed by atoms with Gasteiger partial charge in [-0.15, -0.1) is 11.3 Å². The second-order valence-corrected chi connectivity index (χ2v) is 5.75. The third-order valence-corrected chi connectivity index (χ3v) is 4.24. The highest BCUT2D eigenvalue weighted by Crippen LogP contribution is 2.28. The molecule has 0 bridgehead atoms. The summed E-state index contributed by atoms with van der Waals surface area (Å²) in [5.41, 5.74) is 2.41. The van der Waals surface area contributed by atoms with Crippen LogP contribution in [-0.2, 0) is 0 Å². The van der Waals surface area contributed by atoms with Crippen molar-refractivity contribution in [1.82, 2.24) is 10.3 Å². The molecule has 0 spiro atoms. The summed E-state index contributed by atoms with van der Waals surface area (Å²) in [6.07, 6.45) is -0.244. The van der Waals surface area contributed by atoms with Crippen molar-refractivity contribution in [2.45, 2.75) is 25.9 Å². The summed E-state index contributed by atoms with van der Waals surface area (Å²) < 4.78 is 0. The van der Waals surface area contributed by atoms with Crippen LogP contribution in [0.25, 0.3) is 0 Å². The van der Waals surface area contributed by atoms with Crippen molar-refractivity contribution in [2.24, 2.45) is 0 Å². The normalized spacial score (nSPS) is 17.8. The molecule has 98 valence electrons. The molecule has 2 N–H and O–H groups in total. The molecule has 5 heteroatoms. The summed E-state index contributed by atoms with van der Waals surface area (Å²) in [5.74, 6) is 0.351. The van der Waals surface area contributed by atoms with E-state index >= 15 is 0 Å². The number of para-hydroxylation sites is 1. The lowest BCUT2D eigenvalue weighted by molar-refractivity contribution is 0.0935. The number of rotatable bonds is 2. The van der Waals surface area contributed by atoms with Gasteiger partial charge in [-0.1, -0.05) is 26.0 Å². The summed E-state index contributed by atoms with van der Waals surface area (Å²) >= 11 is 1.63. The van der Waals surface area contributed by atoms with Gasteiger partial charge in [-0.25, -0.2) is 4.98 Å². The number of carbonyl (C=O) groups is 1. The zero-order valence-electron chi connectivity index (χ0n) is 10.8. The Labute approximate surface area is 115 Å². The maximum Gasteiger partial charge on any atom is 0.255 e. The van der Waals surface area contributed by atoms with Crippen molar-refractivity contribution in [1.29, 1.82) is 0 Å². The van der Waals surface area contributed by atoms with Crippen molar-refractivity contribution in [3.8, 4) is 0 Å². The maximum absolute atomic E-state index is 12.0. The molecule has 3 rings (SSSR count). The first-order valence-electron chi connectivity index (χ1n) is 6.27. The van der Waals surface area contributed by atoms with Crippen LogP contribution < -0.4 is 10.6 Å². The molecule has 0 fully saturated rings. The molecule has 0 saturated heterocycles. The van der Waals surface area contributed by atoms with Crippen molar-refractivity contribution < 1.29 is 4.79 Å². The molecular weight excluding hydrogens is 258 g/mol. The minimum absolute atomic E-state index is 0.0570. The molecule has 0 radical (unpaired) electrons. The van der Waals surface area contributed by atoms with E-state index in [0.717, 1.165) is 16.4 Å². The van der Waals surface area contributed by atoms with E-state index in [1.165, 1.54) is 0 Å². The summed E-state index contributed by atoms with van der Waals surface area (Å²) in [7, 11) is 0. The zero-order chi connectivity index (χ0) is 13.4. The number of aromatic nitrogens is 1. The van der Waals surface area contributed by atoms with E-state index in [1.807, 2.05) is 29.6 Å². The van der Waals surface area contributed by atoms with Gasteiger partial charge in [0, 0.05) is 17.0 Å². The van der Waals surface area contributed by atoms with Crippen LogP contribution in [0, 0.1) is 0 Å². The van der Waals surface area contributed by atoms with Gasteiger partial charge in [0.1, 0.15) is 6.17 Å². The minimum Gasteiger partial charge on any atom is -0.360 e. The molecule has 1 aliphatic heterocycles. The van der Waals surface area contributed by atoms with E-state index in [0.29, 0.717) is 11.5 Å². The second-order valence-electron chi connectivity index (χ2n) is 4.86. The monoisotopic (exact) mass is 273 g/mol. The Balaban J connectivity index is 1.90. The fraction of sp³-hybridized carbons (Fsp3) is 0.286. The number of hydrogen-bond acceptors (Lipinski definition) is 4. The van der Waals surface area contributed by atoms with Crippen LogP contribution in [0.3, 0.4) is 0 Å². The van der Waals surface area contributed by atoms with Gasteiger partial charge in [0.05, 0.1) is 16.3 Å². The number of hydrogen-bond donors (Lipinski definition) is 2. The lowest BCUT2D eigenvalue weighted by Gasteiger charge is -2.26. The first-order chi connectivity index (χ1) is 9.15. The molecule has 1 atom stereocenters. The van der Waals surface area contributed by atoms with E-state index in [1.54, 1.807) is 11.3 Å². The van der Waals surface area contributed by atoms with Crippen LogP contribution in [0.15, 0.2) is 29.6 Å². The summed E-state index contributed by atoms with van der Waals surface area (Å²) in [5, 5.41) is 9.33. The van der Waals surface area contributed by atoms with Gasteiger partial charge in [0.25, 0.3) is 5.91 Å². The molecule has 1 aliphatic rings. The number of carbonyl (C=O) groups excluding carboxylic acids is 1. The van der Waals surface area contributed by atoms with Crippen LogP contribution in [0.4, 0.5) is 5.69 Å². The maximum atomic E-state index is 12.0. The van der Waals surface area contributed by atoms with Gasteiger partial charge in [-0.3, -0.25) is 4.79 Å². The van der Waals surface area contributed by atoms with Gasteiger partial charge in [0.15, 0.2) is 0 Å². The van der Waals surface area contributed by atoms with E-state index in [2.05, 4.69) is 29.5 Å². The van der Waals surface area contributed by atoms with Crippen molar-refractivity contribution in [2.75, 3.05) is 5.32 Å². The number of anilines is 1. The SMILES string of the molecule is CC(C)c1nc([C@H]2NC(=O)c3ccccc3N2)cs1. The molecular formula is C14H15N3OS. The van der Waals surface area contributed by atoms with Crippen LogP contribution in [0.5, 0.6) is 0 Å². The molecule has 1 aromatic heterocycles. The number of benzene rings is 1. The average Bonchev–Trinajstić information content (AvgIpc) is 2.88. The fourth-order valence-electron chi connectivity index (χ4n) is 2.05. The molecule has 19 heavy (non-hydrogen) atoms. The molecule has 2 aromatic rings. The third-order valence-electron chi connectivity index (χ3n) is 3.08. The highest BCUT2D eigenvalue weighted by Gasteiger charge is 2.25. The number of amides is 1. The number of thiazole rings is 1. The van der Waals surface area contributed by atoms with Gasteiger partial charge in [0.2, 0.25) is 0 Å². The minimum atomic E-state index is -0.244. The van der Waals surface area contributed by atoms with Gasteiger partial charge < -0.3 is 10.6 Å². The molecule has 2 heterocycles. The Kier molecular flexibility index (Phi) is 2.98. The average molecular weight is 273 g/mol. The van der Waals surface area contributed by atoms with Crippen molar-refractivity contribution in [3.05, 3.63) is 45.9 Å². The van der Waals surface area contributed by atoms with Crippen LogP contribution in [-0.4, -0.2) is 10.9 Å². The number of nitrogens with zero attached hydrogens (tertiary/aromatic N) is 1. The summed E-state index contributed by atoms with van der Waals surface area (Å²) in [6.45, 7) is 4.23. The predicted molar refractivity (Wildman–Crippen MR) is 76.5 cm³/mol. The second kappa shape index (κ2) is 4.66. The first kappa shape index (κ1) is 12.2. The van der Waals surface area contributed by atoms with E-state index < -0.39 is 0 Å². The summed E-state index contributed by atoms with van der Waals surface area (Å²) in [6, 6.07) is 7.51. The Morgan fingerprint density at radius 2 is 2.05 bits per heavy atom. The van der Waals surface area contributed by atoms with E-state index in [-0.39, 0.29) is 12.1 Å². The molecule has 0 unspecified atom stereocenters. The topological polar surface area (TPSA) is 54.0 Å². The predicted octanol–water partition coefficient (Wildman–Crippen LogP) is 3.12. The first-order valence-corrected chi connectivity index (χ1v) is 7.15. The fourth-order valence-corrected chi connectivity index (χ4v) is 2.91.